The van der Waals surface area contributed by atoms with Crippen LogP contribution in [0.3, 0.4) is 0 Å². The molecule has 0 saturated heterocycles. The van der Waals surface area contributed by atoms with Gasteiger partial charge in [0.1, 0.15) is 11.6 Å². The van der Waals surface area contributed by atoms with Crippen molar-refractivity contribution in [2.24, 2.45) is 0 Å². The number of nitrogens with zero attached hydrogens (tertiary/aromatic N) is 1. The zero-order chi connectivity index (χ0) is 15.4. The van der Waals surface area contributed by atoms with Crippen molar-refractivity contribution in [3.05, 3.63) is 30.1 Å². The maximum atomic E-state index is 12.8. The number of hydrogen-bond acceptors (Lipinski definition) is 3. The fraction of sp³-hybridized carbons (Fsp3) is 0.562. The molecule has 1 aliphatic rings. The Balaban J connectivity index is 1.96. The summed E-state index contributed by atoms with van der Waals surface area (Å²) in [5, 5.41) is 10.0. The summed E-state index contributed by atoms with van der Waals surface area (Å²) in [4.78, 5) is 14.0. The van der Waals surface area contributed by atoms with Crippen LogP contribution in [0.1, 0.15) is 32.6 Å². The first-order valence-electron chi connectivity index (χ1n) is 7.36. The smallest absolute Gasteiger partial charge is 0.263 e. The third-order valence-electron chi connectivity index (χ3n) is 4.01. The summed E-state index contributed by atoms with van der Waals surface area (Å²) in [5.74, 6) is -0.0658. The lowest BCUT2D eigenvalue weighted by atomic mass is 9.91. The van der Waals surface area contributed by atoms with E-state index in [1.807, 2.05) is 0 Å². The molecule has 3 unspecified atom stereocenters. The number of carbonyl (C=O) groups excluding carboxylic acids is 1. The topological polar surface area (TPSA) is 49.8 Å². The highest BCUT2D eigenvalue weighted by molar-refractivity contribution is 5.81. The first-order chi connectivity index (χ1) is 9.99. The van der Waals surface area contributed by atoms with Crippen LogP contribution in [-0.4, -0.2) is 41.2 Å². The van der Waals surface area contributed by atoms with Gasteiger partial charge in [-0.2, -0.15) is 0 Å². The lowest BCUT2D eigenvalue weighted by Crippen LogP contribution is -2.50. The first-order valence-corrected chi connectivity index (χ1v) is 7.36. The fourth-order valence-electron chi connectivity index (χ4n) is 2.76. The van der Waals surface area contributed by atoms with Gasteiger partial charge >= 0.3 is 0 Å². The van der Waals surface area contributed by atoms with Gasteiger partial charge in [0.05, 0.1) is 12.1 Å². The molecule has 116 valence electrons. The van der Waals surface area contributed by atoms with E-state index in [1.54, 1.807) is 18.9 Å². The normalized spacial score (nSPS) is 23.4. The van der Waals surface area contributed by atoms with Gasteiger partial charge in [-0.3, -0.25) is 4.79 Å². The van der Waals surface area contributed by atoms with E-state index in [0.717, 1.165) is 25.7 Å². The molecular formula is C16H22FNO3. The monoisotopic (exact) mass is 295 g/mol. The number of ether oxygens (including phenoxy) is 1. The van der Waals surface area contributed by atoms with Crippen molar-refractivity contribution < 1.29 is 19.0 Å². The predicted octanol–water partition coefficient (Wildman–Crippen LogP) is 2.35. The maximum absolute atomic E-state index is 12.8. The van der Waals surface area contributed by atoms with Crippen molar-refractivity contribution >= 4 is 5.91 Å². The number of likely N-dealkylation sites (N-methyl/N-ethyl adjacent to an activating group) is 1. The quantitative estimate of drug-likeness (QED) is 0.927. The number of carbonyl (C=O) groups is 1. The van der Waals surface area contributed by atoms with E-state index in [9.17, 15) is 14.3 Å². The second-order valence-electron chi connectivity index (χ2n) is 5.58. The van der Waals surface area contributed by atoms with Crippen LogP contribution < -0.4 is 4.74 Å². The van der Waals surface area contributed by atoms with Gasteiger partial charge < -0.3 is 14.7 Å². The van der Waals surface area contributed by atoms with E-state index in [4.69, 9.17) is 4.74 Å². The van der Waals surface area contributed by atoms with Crippen LogP contribution in [0.2, 0.25) is 0 Å². The summed E-state index contributed by atoms with van der Waals surface area (Å²) in [6, 6.07) is 5.43. The van der Waals surface area contributed by atoms with Crippen LogP contribution in [0.15, 0.2) is 24.3 Å². The Bertz CT molecular complexity index is 477. The van der Waals surface area contributed by atoms with E-state index >= 15 is 0 Å². The number of rotatable bonds is 4. The minimum atomic E-state index is -0.672. The van der Waals surface area contributed by atoms with Crippen LogP contribution in [0.5, 0.6) is 5.75 Å². The average Bonchev–Trinajstić information content (AvgIpc) is 2.48. The summed E-state index contributed by atoms with van der Waals surface area (Å²) in [7, 11) is 1.70. The molecule has 1 aromatic carbocycles. The number of benzene rings is 1. The SMILES string of the molecule is CC(Oc1ccc(F)cc1)C(=O)N(C)C1CCCCC1O. The van der Waals surface area contributed by atoms with Gasteiger partial charge in [-0.25, -0.2) is 4.39 Å². The lowest BCUT2D eigenvalue weighted by molar-refractivity contribution is -0.142. The molecule has 3 atom stereocenters. The molecular weight excluding hydrogens is 273 g/mol. The molecule has 1 fully saturated rings. The van der Waals surface area contributed by atoms with Crippen molar-refractivity contribution in [3.63, 3.8) is 0 Å². The average molecular weight is 295 g/mol. The number of hydrogen-bond donors (Lipinski definition) is 1. The van der Waals surface area contributed by atoms with Gasteiger partial charge in [-0.15, -0.1) is 0 Å². The number of halogens is 1. The molecule has 0 radical (unpaired) electrons. The highest BCUT2D eigenvalue weighted by Crippen LogP contribution is 2.23. The van der Waals surface area contributed by atoms with Gasteiger partial charge in [0.25, 0.3) is 5.91 Å². The Morgan fingerprint density at radius 1 is 1.33 bits per heavy atom. The second-order valence-corrected chi connectivity index (χ2v) is 5.58. The molecule has 1 N–H and O–H groups in total. The number of amides is 1. The summed E-state index contributed by atoms with van der Waals surface area (Å²) < 4.78 is 18.4. The summed E-state index contributed by atoms with van der Waals surface area (Å²) in [6.45, 7) is 1.66. The number of aliphatic hydroxyl groups excluding tert-OH is 1. The Morgan fingerprint density at radius 2 is 1.95 bits per heavy atom. The Kier molecular flexibility index (Phi) is 5.17. The molecule has 4 nitrogen and oxygen atoms in total. The van der Waals surface area contributed by atoms with Gasteiger partial charge in [0.15, 0.2) is 6.10 Å². The van der Waals surface area contributed by atoms with Crippen LogP contribution in [0.4, 0.5) is 4.39 Å². The fourth-order valence-corrected chi connectivity index (χ4v) is 2.76. The van der Waals surface area contributed by atoms with E-state index in [1.165, 1.54) is 24.3 Å². The van der Waals surface area contributed by atoms with E-state index in [-0.39, 0.29) is 17.8 Å². The molecule has 0 heterocycles. The molecule has 1 aromatic rings. The molecule has 1 aliphatic carbocycles. The van der Waals surface area contributed by atoms with Gasteiger partial charge in [0.2, 0.25) is 0 Å². The standard InChI is InChI=1S/C16H22FNO3/c1-11(21-13-9-7-12(17)8-10-13)16(20)18(2)14-5-3-4-6-15(14)19/h7-11,14-15,19H,3-6H2,1-2H3. The zero-order valence-electron chi connectivity index (χ0n) is 12.5. The second kappa shape index (κ2) is 6.89. The summed E-state index contributed by atoms with van der Waals surface area (Å²) >= 11 is 0. The van der Waals surface area contributed by atoms with Crippen LogP contribution in [0, 0.1) is 5.82 Å². The van der Waals surface area contributed by atoms with E-state index in [2.05, 4.69) is 0 Å². The van der Waals surface area contributed by atoms with Crippen molar-refractivity contribution in [3.8, 4) is 5.75 Å². The van der Waals surface area contributed by atoms with Crippen LogP contribution >= 0.6 is 0 Å². The molecule has 0 spiro atoms. The Labute approximate surface area is 124 Å². The molecule has 1 amide bonds. The van der Waals surface area contributed by atoms with Crippen molar-refractivity contribution in [2.45, 2.75) is 50.9 Å². The molecule has 0 aliphatic heterocycles. The van der Waals surface area contributed by atoms with Gasteiger partial charge in [-0.1, -0.05) is 12.8 Å². The van der Waals surface area contributed by atoms with Crippen LogP contribution in [-0.2, 0) is 4.79 Å². The molecule has 5 heteroatoms. The Morgan fingerprint density at radius 3 is 2.57 bits per heavy atom. The molecule has 0 bridgehead atoms. The highest BCUT2D eigenvalue weighted by Gasteiger charge is 2.31. The van der Waals surface area contributed by atoms with E-state index < -0.39 is 12.2 Å². The highest BCUT2D eigenvalue weighted by atomic mass is 19.1. The summed E-state index contributed by atoms with van der Waals surface area (Å²) in [6.07, 6.45) is 2.43. The van der Waals surface area contributed by atoms with Crippen molar-refractivity contribution in [2.75, 3.05) is 7.05 Å². The molecule has 21 heavy (non-hydrogen) atoms. The van der Waals surface area contributed by atoms with Crippen LogP contribution in [0.25, 0.3) is 0 Å². The lowest BCUT2D eigenvalue weighted by Gasteiger charge is -2.36. The van der Waals surface area contributed by atoms with Gasteiger partial charge in [0, 0.05) is 7.05 Å². The van der Waals surface area contributed by atoms with Crippen molar-refractivity contribution in [1.82, 2.24) is 4.90 Å². The maximum Gasteiger partial charge on any atom is 0.263 e. The van der Waals surface area contributed by atoms with E-state index in [0.29, 0.717) is 5.75 Å². The molecule has 2 rings (SSSR count). The summed E-state index contributed by atoms with van der Waals surface area (Å²) in [5.41, 5.74) is 0. The van der Waals surface area contributed by atoms with Gasteiger partial charge in [-0.05, 0) is 44.0 Å². The Hall–Kier alpha value is -1.62. The predicted molar refractivity (Wildman–Crippen MR) is 77.5 cm³/mol. The molecule has 0 aromatic heterocycles. The van der Waals surface area contributed by atoms with Crippen molar-refractivity contribution in [1.29, 1.82) is 0 Å². The third-order valence-corrected chi connectivity index (χ3v) is 4.01. The minimum absolute atomic E-state index is 0.148. The number of aliphatic hydroxyl groups is 1. The zero-order valence-corrected chi connectivity index (χ0v) is 12.5. The third kappa shape index (κ3) is 3.94. The molecule has 1 saturated carbocycles. The first kappa shape index (κ1) is 15.8. The largest absolute Gasteiger partial charge is 0.481 e. The minimum Gasteiger partial charge on any atom is -0.481 e.